The van der Waals surface area contributed by atoms with Crippen LogP contribution in [0, 0.1) is 11.6 Å². The normalized spacial score (nSPS) is 10.2. The van der Waals surface area contributed by atoms with Crippen LogP contribution in [0.4, 0.5) is 25.8 Å². The van der Waals surface area contributed by atoms with Crippen LogP contribution >= 0.6 is 0 Å². The monoisotopic (exact) mass is 383 g/mol. The predicted molar refractivity (Wildman–Crippen MR) is 99.6 cm³/mol. The molecule has 0 aliphatic rings. The van der Waals surface area contributed by atoms with E-state index < -0.39 is 23.5 Å². The average Bonchev–Trinajstić information content (AvgIpc) is 2.70. The first-order valence-electron chi connectivity index (χ1n) is 8.14. The number of carbonyl (C=O) groups is 2. The Kier molecular flexibility index (Phi) is 5.59. The molecule has 0 atom stereocenters. The van der Waals surface area contributed by atoms with Crippen LogP contribution in [0.5, 0.6) is 0 Å². The summed E-state index contributed by atoms with van der Waals surface area (Å²) in [5, 5.41) is 5.41. The number of esters is 1. The second-order valence-corrected chi connectivity index (χ2v) is 5.70. The second kappa shape index (κ2) is 8.26. The third-order valence-electron chi connectivity index (χ3n) is 3.77. The van der Waals surface area contributed by atoms with Crippen molar-refractivity contribution in [2.75, 3.05) is 17.7 Å². The molecule has 2 aromatic carbocycles. The smallest absolute Gasteiger partial charge is 0.337 e. The SMILES string of the molecule is COC(=O)c1ccc(Nc2ccc(C(=O)Nc3ccc(F)cc3F)nc2)cc1. The lowest BCUT2D eigenvalue weighted by molar-refractivity contribution is 0.0600. The Bertz CT molecular complexity index is 1010. The van der Waals surface area contributed by atoms with Gasteiger partial charge in [0.25, 0.3) is 5.91 Å². The number of amides is 1. The highest BCUT2D eigenvalue weighted by Gasteiger charge is 2.11. The topological polar surface area (TPSA) is 80.3 Å². The number of nitrogens with zero attached hydrogens (tertiary/aromatic N) is 1. The Labute approximate surface area is 159 Å². The maximum absolute atomic E-state index is 13.6. The lowest BCUT2D eigenvalue weighted by Crippen LogP contribution is -2.14. The standard InChI is InChI=1S/C20H15F2N3O3/c1-28-20(27)12-2-5-14(6-3-12)24-15-7-9-18(23-11-15)19(26)25-17-8-4-13(21)10-16(17)22/h2-11,24H,1H3,(H,25,26). The van der Waals surface area contributed by atoms with Crippen molar-refractivity contribution in [3.05, 3.63) is 83.7 Å². The minimum Gasteiger partial charge on any atom is -0.465 e. The molecule has 0 aliphatic carbocycles. The van der Waals surface area contributed by atoms with Gasteiger partial charge in [-0.1, -0.05) is 0 Å². The van der Waals surface area contributed by atoms with Gasteiger partial charge in [0, 0.05) is 11.8 Å². The summed E-state index contributed by atoms with van der Waals surface area (Å²) >= 11 is 0. The molecule has 0 spiro atoms. The zero-order chi connectivity index (χ0) is 20.1. The average molecular weight is 383 g/mol. The van der Waals surface area contributed by atoms with Crippen molar-refractivity contribution < 1.29 is 23.1 Å². The van der Waals surface area contributed by atoms with Gasteiger partial charge in [-0.3, -0.25) is 4.79 Å². The number of hydrogen-bond donors (Lipinski definition) is 2. The van der Waals surface area contributed by atoms with E-state index in [2.05, 4.69) is 20.4 Å². The van der Waals surface area contributed by atoms with Crippen molar-refractivity contribution in [1.29, 1.82) is 0 Å². The summed E-state index contributed by atoms with van der Waals surface area (Å²) in [6.07, 6.45) is 1.43. The fourth-order valence-electron chi connectivity index (χ4n) is 2.35. The number of rotatable bonds is 5. The molecule has 6 nitrogen and oxygen atoms in total. The molecule has 3 aromatic rings. The first-order valence-corrected chi connectivity index (χ1v) is 8.14. The first kappa shape index (κ1) is 19.0. The maximum atomic E-state index is 13.6. The van der Waals surface area contributed by atoms with Crippen LogP contribution in [-0.2, 0) is 4.74 Å². The van der Waals surface area contributed by atoms with Crippen LogP contribution in [0.3, 0.4) is 0 Å². The number of benzene rings is 2. The summed E-state index contributed by atoms with van der Waals surface area (Å²) in [5.41, 5.74) is 1.66. The van der Waals surface area contributed by atoms with Gasteiger partial charge in [0.1, 0.15) is 17.3 Å². The third-order valence-corrected chi connectivity index (χ3v) is 3.77. The number of pyridine rings is 1. The van der Waals surface area contributed by atoms with Crippen LogP contribution < -0.4 is 10.6 Å². The number of ether oxygens (including phenoxy) is 1. The Morgan fingerprint density at radius 3 is 2.29 bits per heavy atom. The number of aromatic nitrogens is 1. The molecule has 28 heavy (non-hydrogen) atoms. The number of methoxy groups -OCH3 is 1. The van der Waals surface area contributed by atoms with Gasteiger partial charge in [-0.05, 0) is 48.5 Å². The molecule has 0 radical (unpaired) electrons. The van der Waals surface area contributed by atoms with E-state index in [0.29, 0.717) is 23.0 Å². The zero-order valence-corrected chi connectivity index (χ0v) is 14.7. The summed E-state index contributed by atoms with van der Waals surface area (Å²) in [6.45, 7) is 0. The van der Waals surface area contributed by atoms with Crippen molar-refractivity contribution in [1.82, 2.24) is 4.98 Å². The Morgan fingerprint density at radius 1 is 0.964 bits per heavy atom. The predicted octanol–water partition coefficient (Wildman–Crippen LogP) is 4.14. The molecular weight excluding hydrogens is 368 g/mol. The van der Waals surface area contributed by atoms with Crippen molar-refractivity contribution in [2.45, 2.75) is 0 Å². The van der Waals surface area contributed by atoms with Gasteiger partial charge >= 0.3 is 5.97 Å². The molecule has 1 heterocycles. The summed E-state index contributed by atoms with van der Waals surface area (Å²) in [5.74, 6) is -2.66. The van der Waals surface area contributed by atoms with Gasteiger partial charge in [-0.15, -0.1) is 0 Å². The Morgan fingerprint density at radius 2 is 1.68 bits per heavy atom. The largest absolute Gasteiger partial charge is 0.465 e. The van der Waals surface area contributed by atoms with Gasteiger partial charge in [0.15, 0.2) is 0 Å². The quantitative estimate of drug-likeness (QED) is 0.647. The molecule has 2 N–H and O–H groups in total. The van der Waals surface area contributed by atoms with Gasteiger partial charge in [0.05, 0.1) is 30.2 Å². The highest BCUT2D eigenvalue weighted by Crippen LogP contribution is 2.18. The fraction of sp³-hybridized carbons (Fsp3) is 0.0500. The highest BCUT2D eigenvalue weighted by atomic mass is 19.1. The van der Waals surface area contributed by atoms with Gasteiger partial charge < -0.3 is 15.4 Å². The molecular formula is C20H15F2N3O3. The van der Waals surface area contributed by atoms with Gasteiger partial charge in [-0.2, -0.15) is 0 Å². The van der Waals surface area contributed by atoms with Crippen LogP contribution in [0.25, 0.3) is 0 Å². The number of hydrogen-bond acceptors (Lipinski definition) is 5. The number of carbonyl (C=O) groups excluding carboxylic acids is 2. The first-order chi connectivity index (χ1) is 13.5. The van der Waals surface area contributed by atoms with Crippen LogP contribution in [0.1, 0.15) is 20.8 Å². The minimum absolute atomic E-state index is 0.0651. The summed E-state index contributed by atoms with van der Waals surface area (Å²) in [6, 6.07) is 12.6. The number of anilines is 3. The molecule has 0 bridgehead atoms. The van der Waals surface area contributed by atoms with Gasteiger partial charge in [-0.25, -0.2) is 18.6 Å². The summed E-state index contributed by atoms with van der Waals surface area (Å²) in [7, 11) is 1.31. The molecule has 142 valence electrons. The maximum Gasteiger partial charge on any atom is 0.337 e. The van der Waals surface area contributed by atoms with Crippen molar-refractivity contribution in [3.63, 3.8) is 0 Å². The summed E-state index contributed by atoms with van der Waals surface area (Å²) in [4.78, 5) is 27.6. The van der Waals surface area contributed by atoms with E-state index in [0.717, 1.165) is 12.1 Å². The summed E-state index contributed by atoms with van der Waals surface area (Å²) < 4.78 is 31.2. The second-order valence-electron chi connectivity index (χ2n) is 5.70. The van der Waals surface area contributed by atoms with E-state index in [-0.39, 0.29) is 11.4 Å². The van der Waals surface area contributed by atoms with Crippen molar-refractivity contribution >= 4 is 28.9 Å². The Hall–Kier alpha value is -3.81. The fourth-order valence-corrected chi connectivity index (χ4v) is 2.35. The van der Waals surface area contributed by atoms with E-state index >= 15 is 0 Å². The zero-order valence-electron chi connectivity index (χ0n) is 14.7. The molecule has 3 rings (SSSR count). The van der Waals surface area contributed by atoms with Crippen molar-refractivity contribution in [2.24, 2.45) is 0 Å². The molecule has 0 aliphatic heterocycles. The highest BCUT2D eigenvalue weighted by molar-refractivity contribution is 6.03. The van der Waals surface area contributed by atoms with Gasteiger partial charge in [0.2, 0.25) is 0 Å². The van der Waals surface area contributed by atoms with E-state index in [1.54, 1.807) is 30.3 Å². The molecule has 8 heteroatoms. The van der Waals surface area contributed by atoms with E-state index in [4.69, 9.17) is 0 Å². The van der Waals surface area contributed by atoms with E-state index in [1.807, 2.05) is 0 Å². The number of halogens is 2. The molecule has 0 saturated heterocycles. The minimum atomic E-state index is -0.873. The van der Waals surface area contributed by atoms with Crippen LogP contribution in [0.2, 0.25) is 0 Å². The van der Waals surface area contributed by atoms with Crippen molar-refractivity contribution in [3.8, 4) is 0 Å². The van der Waals surface area contributed by atoms with E-state index in [9.17, 15) is 18.4 Å². The molecule has 1 aromatic heterocycles. The molecule has 0 unspecified atom stereocenters. The molecule has 0 saturated carbocycles. The van der Waals surface area contributed by atoms with Crippen LogP contribution in [0.15, 0.2) is 60.8 Å². The molecule has 1 amide bonds. The Balaban J connectivity index is 1.65. The van der Waals surface area contributed by atoms with Crippen LogP contribution in [-0.4, -0.2) is 24.0 Å². The lowest BCUT2D eigenvalue weighted by atomic mass is 10.2. The molecule has 0 fully saturated rings. The van der Waals surface area contributed by atoms with E-state index in [1.165, 1.54) is 19.4 Å². The third kappa shape index (κ3) is 4.47. The number of nitrogens with one attached hydrogen (secondary N) is 2. The lowest BCUT2D eigenvalue weighted by Gasteiger charge is -2.09.